The van der Waals surface area contributed by atoms with Crippen molar-refractivity contribution < 1.29 is 24.0 Å². The van der Waals surface area contributed by atoms with Gasteiger partial charge >= 0.3 is 5.97 Å². The second-order valence-electron chi connectivity index (χ2n) is 6.80. The molecule has 30 heavy (non-hydrogen) atoms. The number of nitro benzene ring substituents is 1. The zero-order valence-electron chi connectivity index (χ0n) is 16.0. The van der Waals surface area contributed by atoms with Crippen molar-refractivity contribution in [3.05, 3.63) is 63.2 Å². The summed E-state index contributed by atoms with van der Waals surface area (Å²) in [6, 6.07) is 10.6. The topological polar surface area (TPSA) is 119 Å². The van der Waals surface area contributed by atoms with Crippen LogP contribution in [0, 0.1) is 23.0 Å². The zero-order chi connectivity index (χ0) is 21.8. The van der Waals surface area contributed by atoms with Gasteiger partial charge in [-0.3, -0.25) is 24.5 Å². The van der Waals surface area contributed by atoms with E-state index in [4.69, 9.17) is 16.3 Å². The average Bonchev–Trinajstić information content (AvgIpc) is 3.10. The molecule has 0 aliphatic carbocycles. The first-order chi connectivity index (χ1) is 14.2. The zero-order valence-corrected chi connectivity index (χ0v) is 16.7. The highest BCUT2D eigenvalue weighted by atomic mass is 35.5. The van der Waals surface area contributed by atoms with Crippen LogP contribution in [-0.4, -0.2) is 35.9 Å². The Bertz CT molecular complexity index is 1030. The smallest absolute Gasteiger partial charge is 0.311 e. The summed E-state index contributed by atoms with van der Waals surface area (Å²) in [5, 5.41) is 13.7. The van der Waals surface area contributed by atoms with Crippen LogP contribution in [0.5, 0.6) is 0 Å². The predicted octanol–water partition coefficient (Wildman–Crippen LogP) is 3.09. The molecule has 156 valence electrons. The van der Waals surface area contributed by atoms with Crippen molar-refractivity contribution in [1.29, 1.82) is 0 Å². The van der Waals surface area contributed by atoms with Crippen molar-refractivity contribution in [3.63, 3.8) is 0 Å². The van der Waals surface area contributed by atoms with Crippen molar-refractivity contribution in [2.75, 3.05) is 23.4 Å². The molecule has 0 saturated carbocycles. The lowest BCUT2D eigenvalue weighted by Crippen LogP contribution is -2.28. The van der Waals surface area contributed by atoms with Gasteiger partial charge in [0.15, 0.2) is 6.61 Å². The second-order valence-corrected chi connectivity index (χ2v) is 7.21. The minimum atomic E-state index is -0.705. The number of halogens is 1. The van der Waals surface area contributed by atoms with E-state index in [0.717, 1.165) is 5.56 Å². The monoisotopic (exact) mass is 431 g/mol. The van der Waals surface area contributed by atoms with Crippen LogP contribution in [0.2, 0.25) is 5.02 Å². The number of anilines is 2. The molecule has 3 rings (SSSR count). The first-order valence-corrected chi connectivity index (χ1v) is 9.40. The molecule has 1 saturated heterocycles. The molecule has 1 atom stereocenters. The molecule has 1 aliphatic rings. The molecule has 9 nitrogen and oxygen atoms in total. The minimum Gasteiger partial charge on any atom is -0.455 e. The van der Waals surface area contributed by atoms with Crippen molar-refractivity contribution in [2.24, 2.45) is 5.92 Å². The van der Waals surface area contributed by atoms with Gasteiger partial charge in [0.05, 0.1) is 10.8 Å². The number of nitro groups is 1. The van der Waals surface area contributed by atoms with Crippen molar-refractivity contribution in [3.8, 4) is 0 Å². The van der Waals surface area contributed by atoms with Crippen LogP contribution in [0.15, 0.2) is 42.5 Å². The maximum Gasteiger partial charge on any atom is 0.311 e. The molecule has 0 unspecified atom stereocenters. The van der Waals surface area contributed by atoms with Gasteiger partial charge in [-0.15, -0.1) is 0 Å². The van der Waals surface area contributed by atoms with E-state index in [-0.39, 0.29) is 30.2 Å². The quantitative estimate of drug-likeness (QED) is 0.426. The molecule has 0 spiro atoms. The number of esters is 1. The SMILES string of the molecule is Cc1ccc(N2C[C@@H](C(=O)OCC(=O)Nc3cccc([N+](=O)[O-])c3)CC2=O)cc1Cl. The Kier molecular flexibility index (Phi) is 6.31. The number of nitrogens with zero attached hydrogens (tertiary/aromatic N) is 2. The Labute approximate surface area is 176 Å². The number of aryl methyl sites for hydroxylation is 1. The third-order valence-corrected chi connectivity index (χ3v) is 5.02. The molecular weight excluding hydrogens is 414 g/mol. The highest BCUT2D eigenvalue weighted by Gasteiger charge is 2.36. The van der Waals surface area contributed by atoms with E-state index in [1.165, 1.54) is 29.2 Å². The lowest BCUT2D eigenvalue weighted by atomic mass is 10.1. The van der Waals surface area contributed by atoms with E-state index in [0.29, 0.717) is 10.7 Å². The van der Waals surface area contributed by atoms with E-state index >= 15 is 0 Å². The van der Waals surface area contributed by atoms with Gasteiger partial charge in [0, 0.05) is 41.5 Å². The lowest BCUT2D eigenvalue weighted by molar-refractivity contribution is -0.384. The van der Waals surface area contributed by atoms with E-state index in [1.54, 1.807) is 18.2 Å². The molecule has 0 aromatic heterocycles. The van der Waals surface area contributed by atoms with Crippen molar-refractivity contribution in [2.45, 2.75) is 13.3 Å². The molecule has 0 bridgehead atoms. The maximum absolute atomic E-state index is 12.3. The summed E-state index contributed by atoms with van der Waals surface area (Å²) in [6.07, 6.45) is -0.0309. The fraction of sp³-hybridized carbons (Fsp3) is 0.250. The predicted molar refractivity (Wildman–Crippen MR) is 109 cm³/mol. The molecule has 10 heteroatoms. The molecule has 1 heterocycles. The molecule has 0 radical (unpaired) electrons. The first-order valence-electron chi connectivity index (χ1n) is 9.02. The van der Waals surface area contributed by atoms with Gasteiger partial charge in [-0.05, 0) is 30.7 Å². The standard InChI is InChI=1S/C20H18ClN3O6/c1-12-5-6-15(9-17(12)21)23-10-13(7-19(23)26)20(27)30-11-18(25)22-14-3-2-4-16(8-14)24(28)29/h2-6,8-9,13H,7,10-11H2,1H3,(H,22,25)/t13-/m0/s1. The summed E-state index contributed by atoms with van der Waals surface area (Å²) < 4.78 is 5.02. The van der Waals surface area contributed by atoms with Crippen LogP contribution in [0.25, 0.3) is 0 Å². The number of amides is 2. The summed E-state index contributed by atoms with van der Waals surface area (Å²) >= 11 is 6.11. The number of ether oxygens (including phenoxy) is 1. The molecule has 2 amide bonds. The van der Waals surface area contributed by atoms with Crippen LogP contribution in [0.1, 0.15) is 12.0 Å². The van der Waals surface area contributed by atoms with Crippen molar-refractivity contribution >= 4 is 46.4 Å². The maximum atomic E-state index is 12.3. The number of benzene rings is 2. The normalized spacial score (nSPS) is 15.7. The number of carbonyl (C=O) groups is 3. The highest BCUT2D eigenvalue weighted by Crippen LogP contribution is 2.29. The third kappa shape index (κ3) is 4.93. The Morgan fingerprint density at radius 3 is 2.77 bits per heavy atom. The number of hydrogen-bond acceptors (Lipinski definition) is 6. The van der Waals surface area contributed by atoms with E-state index < -0.39 is 29.3 Å². The average molecular weight is 432 g/mol. The van der Waals surface area contributed by atoms with Crippen LogP contribution in [0.4, 0.5) is 17.1 Å². The second kappa shape index (κ2) is 8.91. The Balaban J connectivity index is 1.54. The summed E-state index contributed by atoms with van der Waals surface area (Å²) in [5.41, 5.74) is 1.50. The molecule has 1 N–H and O–H groups in total. The fourth-order valence-corrected chi connectivity index (χ4v) is 3.19. The number of rotatable bonds is 6. The summed E-state index contributed by atoms with van der Waals surface area (Å²) in [7, 11) is 0. The molecule has 1 fully saturated rings. The van der Waals surface area contributed by atoms with E-state index in [1.807, 2.05) is 6.92 Å². The Hall–Kier alpha value is -3.46. The van der Waals surface area contributed by atoms with E-state index in [9.17, 15) is 24.5 Å². The molecule has 2 aromatic carbocycles. The van der Waals surface area contributed by atoms with Crippen LogP contribution >= 0.6 is 11.6 Å². The van der Waals surface area contributed by atoms with Gasteiger partial charge in [-0.25, -0.2) is 0 Å². The van der Waals surface area contributed by atoms with Crippen LogP contribution in [0.3, 0.4) is 0 Å². The van der Waals surface area contributed by atoms with Gasteiger partial charge in [-0.2, -0.15) is 0 Å². The lowest BCUT2D eigenvalue weighted by Gasteiger charge is -2.17. The summed E-state index contributed by atoms with van der Waals surface area (Å²) in [5.74, 6) is -2.25. The number of nitrogens with one attached hydrogen (secondary N) is 1. The molecule has 2 aromatic rings. The van der Waals surface area contributed by atoms with Crippen LogP contribution < -0.4 is 10.2 Å². The Morgan fingerprint density at radius 2 is 2.07 bits per heavy atom. The molecular formula is C20H18ClN3O6. The van der Waals surface area contributed by atoms with E-state index in [2.05, 4.69) is 5.32 Å². The van der Waals surface area contributed by atoms with Gasteiger partial charge in [-0.1, -0.05) is 23.7 Å². The van der Waals surface area contributed by atoms with Gasteiger partial charge in [0.2, 0.25) is 5.91 Å². The van der Waals surface area contributed by atoms with Gasteiger partial charge in [0.1, 0.15) is 0 Å². The number of hydrogen-bond donors (Lipinski definition) is 1. The largest absolute Gasteiger partial charge is 0.455 e. The number of non-ortho nitro benzene ring substituents is 1. The fourth-order valence-electron chi connectivity index (χ4n) is 3.01. The number of carbonyl (C=O) groups excluding carboxylic acids is 3. The summed E-state index contributed by atoms with van der Waals surface area (Å²) in [6.45, 7) is 1.41. The van der Waals surface area contributed by atoms with Crippen LogP contribution in [-0.2, 0) is 19.1 Å². The third-order valence-electron chi connectivity index (χ3n) is 4.61. The highest BCUT2D eigenvalue weighted by molar-refractivity contribution is 6.31. The Morgan fingerprint density at radius 1 is 1.30 bits per heavy atom. The minimum absolute atomic E-state index is 0.0309. The van der Waals surface area contributed by atoms with Gasteiger partial charge in [0.25, 0.3) is 11.6 Å². The van der Waals surface area contributed by atoms with Crippen molar-refractivity contribution in [1.82, 2.24) is 0 Å². The first kappa shape index (κ1) is 21.3. The molecule has 1 aliphatic heterocycles. The summed E-state index contributed by atoms with van der Waals surface area (Å²) in [4.78, 5) is 48.2. The van der Waals surface area contributed by atoms with Gasteiger partial charge < -0.3 is 15.0 Å².